The summed E-state index contributed by atoms with van der Waals surface area (Å²) in [6, 6.07) is 9.25. The maximum atomic E-state index is 12.3. The molecule has 0 atom stereocenters. The minimum atomic E-state index is -0.0613. The predicted octanol–water partition coefficient (Wildman–Crippen LogP) is 4.01. The van der Waals surface area contributed by atoms with Crippen LogP contribution in [0.25, 0.3) is 0 Å². The average molecular weight is 303 g/mol. The van der Waals surface area contributed by atoms with Crippen LogP contribution in [0.3, 0.4) is 0 Å². The third-order valence-corrected chi connectivity index (χ3v) is 4.61. The first-order valence-corrected chi connectivity index (χ1v) is 8.12. The number of nitrogens with one attached hydrogen (secondary N) is 1. The van der Waals surface area contributed by atoms with Crippen LogP contribution in [-0.2, 0) is 19.4 Å². The number of hydrogen-bond acceptors (Lipinski definition) is 3. The molecule has 1 aromatic heterocycles. The summed E-state index contributed by atoms with van der Waals surface area (Å²) in [6.07, 6.45) is 3.09. The number of carbonyl (C=O) groups excluding carboxylic acids is 1. The highest BCUT2D eigenvalue weighted by Crippen LogP contribution is 2.25. The molecule has 0 saturated heterocycles. The van der Waals surface area contributed by atoms with E-state index in [0.717, 1.165) is 35.4 Å². The lowest BCUT2D eigenvalue weighted by Gasteiger charge is -2.04. The fourth-order valence-corrected chi connectivity index (χ4v) is 3.45. The van der Waals surface area contributed by atoms with E-state index in [0.29, 0.717) is 0 Å². The molecule has 0 spiro atoms. The van der Waals surface area contributed by atoms with Crippen molar-refractivity contribution in [3.05, 3.63) is 51.2 Å². The third-order valence-electron chi connectivity index (χ3n) is 3.37. The number of benzene rings is 1. The number of thiophene rings is 1. The molecule has 3 nitrogen and oxygen atoms in total. The van der Waals surface area contributed by atoms with Crippen LogP contribution in [0.2, 0.25) is 0 Å². The van der Waals surface area contributed by atoms with E-state index >= 15 is 0 Å². The number of rotatable bonds is 6. The quantitative estimate of drug-likeness (QED) is 0.847. The molecule has 1 amide bonds. The molecular weight excluding hydrogens is 282 g/mol. The van der Waals surface area contributed by atoms with Gasteiger partial charge >= 0.3 is 0 Å². The van der Waals surface area contributed by atoms with Crippen molar-refractivity contribution < 1.29 is 9.90 Å². The smallest absolute Gasteiger partial charge is 0.265 e. The SMILES string of the molecule is CCCc1sc(C(=O)Nc2ccc(CO)cc2)cc1CC. The van der Waals surface area contributed by atoms with Crippen LogP contribution >= 0.6 is 11.3 Å². The van der Waals surface area contributed by atoms with E-state index in [-0.39, 0.29) is 12.5 Å². The topological polar surface area (TPSA) is 49.3 Å². The van der Waals surface area contributed by atoms with Gasteiger partial charge in [0.1, 0.15) is 0 Å². The maximum absolute atomic E-state index is 12.3. The first-order chi connectivity index (χ1) is 10.2. The van der Waals surface area contributed by atoms with Crippen LogP contribution in [0.15, 0.2) is 30.3 Å². The minimum Gasteiger partial charge on any atom is -0.392 e. The molecule has 112 valence electrons. The Hall–Kier alpha value is -1.65. The van der Waals surface area contributed by atoms with Gasteiger partial charge in [-0.3, -0.25) is 4.79 Å². The third kappa shape index (κ3) is 3.93. The van der Waals surface area contributed by atoms with Crippen molar-refractivity contribution in [2.75, 3.05) is 5.32 Å². The number of aliphatic hydroxyl groups is 1. The molecule has 2 aromatic rings. The normalized spacial score (nSPS) is 10.6. The first kappa shape index (κ1) is 15.7. The number of aliphatic hydroxyl groups excluding tert-OH is 1. The lowest BCUT2D eigenvalue weighted by atomic mass is 10.1. The van der Waals surface area contributed by atoms with Crippen LogP contribution < -0.4 is 5.32 Å². The van der Waals surface area contributed by atoms with Crippen molar-refractivity contribution >= 4 is 22.9 Å². The molecule has 0 radical (unpaired) electrons. The summed E-state index contributed by atoms with van der Waals surface area (Å²) >= 11 is 1.59. The molecule has 0 saturated carbocycles. The summed E-state index contributed by atoms with van der Waals surface area (Å²) in [7, 11) is 0. The zero-order chi connectivity index (χ0) is 15.2. The molecule has 21 heavy (non-hydrogen) atoms. The zero-order valence-corrected chi connectivity index (χ0v) is 13.3. The van der Waals surface area contributed by atoms with Crippen LogP contribution in [0.1, 0.15) is 45.9 Å². The molecule has 1 heterocycles. The van der Waals surface area contributed by atoms with Crippen LogP contribution in [-0.4, -0.2) is 11.0 Å². The van der Waals surface area contributed by atoms with Crippen LogP contribution in [0.4, 0.5) is 5.69 Å². The molecule has 1 aromatic carbocycles. The molecule has 2 N–H and O–H groups in total. The maximum Gasteiger partial charge on any atom is 0.265 e. The van der Waals surface area contributed by atoms with Crippen molar-refractivity contribution in [2.45, 2.75) is 39.7 Å². The monoisotopic (exact) mass is 303 g/mol. The molecule has 0 aliphatic heterocycles. The second-order valence-corrected chi connectivity index (χ2v) is 6.11. The van der Waals surface area contributed by atoms with Gasteiger partial charge in [-0.05, 0) is 42.2 Å². The summed E-state index contributed by atoms with van der Waals surface area (Å²) < 4.78 is 0. The van der Waals surface area contributed by atoms with E-state index in [2.05, 4.69) is 19.2 Å². The number of amides is 1. The Balaban J connectivity index is 2.11. The highest BCUT2D eigenvalue weighted by atomic mass is 32.1. The van der Waals surface area contributed by atoms with Gasteiger partial charge in [-0.2, -0.15) is 0 Å². The molecule has 4 heteroatoms. The summed E-state index contributed by atoms with van der Waals surface area (Å²) in [5, 5.41) is 11.9. The van der Waals surface area contributed by atoms with E-state index in [1.54, 1.807) is 11.3 Å². The van der Waals surface area contributed by atoms with Gasteiger partial charge in [-0.25, -0.2) is 0 Å². The molecule has 0 aliphatic carbocycles. The fourth-order valence-electron chi connectivity index (χ4n) is 2.20. The van der Waals surface area contributed by atoms with Gasteiger partial charge in [0.25, 0.3) is 5.91 Å². The van der Waals surface area contributed by atoms with Gasteiger partial charge < -0.3 is 10.4 Å². The van der Waals surface area contributed by atoms with Gasteiger partial charge in [0.05, 0.1) is 11.5 Å². The molecule has 0 fully saturated rings. The standard InChI is InChI=1S/C17H21NO2S/c1-3-5-15-13(4-2)10-16(21-15)17(20)18-14-8-6-12(11-19)7-9-14/h6-10,19H,3-5,11H2,1-2H3,(H,18,20). The minimum absolute atomic E-state index is 0.0133. The number of aryl methyl sites for hydroxylation is 2. The Kier molecular flexibility index (Phi) is 5.53. The highest BCUT2D eigenvalue weighted by molar-refractivity contribution is 7.14. The molecular formula is C17H21NO2S. The largest absolute Gasteiger partial charge is 0.392 e. The van der Waals surface area contributed by atoms with Crippen molar-refractivity contribution in [1.29, 1.82) is 0 Å². The van der Waals surface area contributed by atoms with Gasteiger partial charge in [0.2, 0.25) is 0 Å². The molecule has 0 unspecified atom stereocenters. The zero-order valence-electron chi connectivity index (χ0n) is 12.5. The van der Waals surface area contributed by atoms with E-state index < -0.39 is 0 Å². The highest BCUT2D eigenvalue weighted by Gasteiger charge is 2.13. The van der Waals surface area contributed by atoms with Crippen molar-refractivity contribution in [3.8, 4) is 0 Å². The van der Waals surface area contributed by atoms with Gasteiger partial charge in [0.15, 0.2) is 0 Å². The number of hydrogen-bond donors (Lipinski definition) is 2. The van der Waals surface area contributed by atoms with E-state index in [1.807, 2.05) is 30.3 Å². The van der Waals surface area contributed by atoms with Gasteiger partial charge in [-0.1, -0.05) is 32.4 Å². The Morgan fingerprint density at radius 3 is 2.52 bits per heavy atom. The second-order valence-electron chi connectivity index (χ2n) is 4.97. The predicted molar refractivity (Wildman–Crippen MR) is 88.0 cm³/mol. The molecule has 0 aliphatic rings. The number of carbonyl (C=O) groups is 1. The summed E-state index contributed by atoms with van der Waals surface area (Å²) in [6.45, 7) is 4.29. The molecule has 0 bridgehead atoms. The summed E-state index contributed by atoms with van der Waals surface area (Å²) in [4.78, 5) is 14.4. The second kappa shape index (κ2) is 7.38. The Morgan fingerprint density at radius 1 is 1.24 bits per heavy atom. The van der Waals surface area contributed by atoms with E-state index in [1.165, 1.54) is 10.4 Å². The van der Waals surface area contributed by atoms with Gasteiger partial charge in [-0.15, -0.1) is 11.3 Å². The van der Waals surface area contributed by atoms with Crippen molar-refractivity contribution in [2.24, 2.45) is 0 Å². The Morgan fingerprint density at radius 2 is 1.95 bits per heavy atom. The lowest BCUT2D eigenvalue weighted by Crippen LogP contribution is -2.10. The van der Waals surface area contributed by atoms with Crippen molar-refractivity contribution in [3.63, 3.8) is 0 Å². The van der Waals surface area contributed by atoms with Crippen LogP contribution in [0, 0.1) is 0 Å². The lowest BCUT2D eigenvalue weighted by molar-refractivity contribution is 0.103. The fraction of sp³-hybridized carbons (Fsp3) is 0.353. The van der Waals surface area contributed by atoms with Crippen LogP contribution in [0.5, 0.6) is 0 Å². The Labute approximate surface area is 129 Å². The number of anilines is 1. The summed E-state index contributed by atoms with van der Waals surface area (Å²) in [5.41, 5.74) is 2.87. The molecule has 2 rings (SSSR count). The first-order valence-electron chi connectivity index (χ1n) is 7.30. The average Bonchev–Trinajstić information content (AvgIpc) is 2.91. The van der Waals surface area contributed by atoms with Gasteiger partial charge in [0, 0.05) is 10.6 Å². The van der Waals surface area contributed by atoms with E-state index in [4.69, 9.17) is 5.11 Å². The Bertz CT molecular complexity index is 602. The summed E-state index contributed by atoms with van der Waals surface area (Å²) in [5.74, 6) is -0.0613. The van der Waals surface area contributed by atoms with E-state index in [9.17, 15) is 4.79 Å². The van der Waals surface area contributed by atoms with Crippen molar-refractivity contribution in [1.82, 2.24) is 0 Å².